The minimum absolute atomic E-state index is 0.414. The van der Waals surface area contributed by atoms with Crippen LogP contribution in [0.3, 0.4) is 0 Å². The quantitative estimate of drug-likeness (QED) is 0.524. The van der Waals surface area contributed by atoms with Gasteiger partial charge in [-0.25, -0.2) is 0 Å². The molecule has 0 aromatic heterocycles. The molecule has 11 heavy (non-hydrogen) atoms. The number of allylic oxidation sites excluding steroid dienone is 2. The van der Waals surface area contributed by atoms with Crippen molar-refractivity contribution in [2.45, 2.75) is 6.42 Å². The summed E-state index contributed by atoms with van der Waals surface area (Å²) in [7, 11) is -2.84. The normalized spacial score (nSPS) is 36.2. The Morgan fingerprint density at radius 2 is 2.36 bits per heavy atom. The summed E-state index contributed by atoms with van der Waals surface area (Å²) in [6.07, 6.45) is 6.41. The summed E-state index contributed by atoms with van der Waals surface area (Å²) in [5.74, 6) is 0. The molecule has 0 bridgehead atoms. The first kappa shape index (κ1) is 7.29. The fourth-order valence-electron chi connectivity index (χ4n) is 1.12. The molecule has 3 nitrogen and oxygen atoms in total. The molecule has 0 radical (unpaired) electrons. The number of hydrogen-bond donors (Lipinski definition) is 0. The number of fused-ring (bicyclic) bond motifs is 1. The largest absolute Gasteiger partial charge is 0.361 e. The van der Waals surface area contributed by atoms with Crippen LogP contribution in [-0.2, 0) is 13.6 Å². The van der Waals surface area contributed by atoms with Gasteiger partial charge in [0.2, 0.25) is 0 Å². The summed E-state index contributed by atoms with van der Waals surface area (Å²) in [5.41, 5.74) is 0. The van der Waals surface area contributed by atoms with Crippen molar-refractivity contribution < 1.29 is 13.6 Å². The lowest BCUT2D eigenvalue weighted by Crippen LogP contribution is -1.90. The van der Waals surface area contributed by atoms with Gasteiger partial charge in [0.15, 0.2) is 0 Å². The Bertz CT molecular complexity index is 267. The molecule has 0 fully saturated rings. The zero-order valence-corrected chi connectivity index (χ0v) is 6.92. The van der Waals surface area contributed by atoms with E-state index < -0.39 is 7.60 Å². The van der Waals surface area contributed by atoms with Crippen LogP contribution in [-0.4, -0.2) is 13.2 Å². The van der Waals surface area contributed by atoms with E-state index in [1.165, 1.54) is 0 Å². The Balaban J connectivity index is 2.37. The predicted octanol–water partition coefficient (Wildman–Crippen LogP) is 2.07. The molecule has 0 spiro atoms. The molecule has 0 N–H and O–H groups in total. The minimum Gasteiger partial charge on any atom is -0.305 e. The van der Waals surface area contributed by atoms with Crippen LogP contribution in [0, 0.1) is 0 Å². The molecule has 0 aliphatic carbocycles. The summed E-state index contributed by atoms with van der Waals surface area (Å²) in [5, 5.41) is 0.718. The van der Waals surface area contributed by atoms with E-state index in [0.29, 0.717) is 13.2 Å². The lowest BCUT2D eigenvalue weighted by Gasteiger charge is -2.10. The molecule has 0 aromatic rings. The lowest BCUT2D eigenvalue weighted by molar-refractivity contribution is 0.238. The summed E-state index contributed by atoms with van der Waals surface area (Å²) < 4.78 is 21.8. The highest BCUT2D eigenvalue weighted by Gasteiger charge is 2.33. The lowest BCUT2D eigenvalue weighted by atomic mass is 10.4. The SMILES string of the molecule is O=P12OCC=C1C=CCCO2. The van der Waals surface area contributed by atoms with Crippen molar-refractivity contribution in [2.24, 2.45) is 0 Å². The van der Waals surface area contributed by atoms with E-state index in [1.54, 1.807) is 0 Å². The number of rotatable bonds is 0. The Labute approximate surface area is 65.2 Å². The predicted molar refractivity (Wildman–Crippen MR) is 41.4 cm³/mol. The molecule has 2 aliphatic rings. The smallest absolute Gasteiger partial charge is 0.305 e. The zero-order valence-electron chi connectivity index (χ0n) is 6.03. The molecule has 2 aliphatic heterocycles. The molecule has 0 saturated carbocycles. The maximum absolute atomic E-state index is 11.7. The number of hydrogen-bond acceptors (Lipinski definition) is 3. The average Bonchev–Trinajstić information content (AvgIpc) is 2.24. The van der Waals surface area contributed by atoms with Crippen molar-refractivity contribution in [1.29, 1.82) is 0 Å². The molecule has 0 saturated heterocycles. The summed E-state index contributed by atoms with van der Waals surface area (Å²) in [6.45, 7) is 0.905. The first-order valence-electron chi connectivity index (χ1n) is 3.58. The topological polar surface area (TPSA) is 35.5 Å². The van der Waals surface area contributed by atoms with Gasteiger partial charge in [-0.05, 0) is 12.5 Å². The van der Waals surface area contributed by atoms with Gasteiger partial charge in [0, 0.05) is 0 Å². The Kier molecular flexibility index (Phi) is 1.72. The van der Waals surface area contributed by atoms with Crippen LogP contribution in [0.15, 0.2) is 23.5 Å². The van der Waals surface area contributed by atoms with E-state index in [-0.39, 0.29) is 0 Å². The molecule has 0 aromatic carbocycles. The summed E-state index contributed by atoms with van der Waals surface area (Å²) >= 11 is 0. The average molecular weight is 172 g/mol. The molecule has 2 rings (SSSR count). The summed E-state index contributed by atoms with van der Waals surface area (Å²) in [6, 6.07) is 0. The van der Waals surface area contributed by atoms with Crippen molar-refractivity contribution in [3.05, 3.63) is 23.5 Å². The van der Waals surface area contributed by atoms with Crippen molar-refractivity contribution in [2.75, 3.05) is 13.2 Å². The molecule has 1 atom stereocenters. The molecule has 4 heteroatoms. The minimum atomic E-state index is -2.84. The van der Waals surface area contributed by atoms with Crippen LogP contribution in [0.1, 0.15) is 6.42 Å². The highest BCUT2D eigenvalue weighted by atomic mass is 31.2. The zero-order chi connectivity index (χ0) is 7.73. The summed E-state index contributed by atoms with van der Waals surface area (Å²) in [4.78, 5) is 0. The van der Waals surface area contributed by atoms with Gasteiger partial charge in [-0.15, -0.1) is 0 Å². The van der Waals surface area contributed by atoms with Crippen LogP contribution in [0.25, 0.3) is 0 Å². The third-order valence-electron chi connectivity index (χ3n) is 1.69. The van der Waals surface area contributed by atoms with Crippen LogP contribution in [0.2, 0.25) is 0 Å². The Hall–Kier alpha value is -0.370. The third-order valence-corrected chi connectivity index (χ3v) is 3.66. The molecular weight excluding hydrogens is 163 g/mol. The maximum Gasteiger partial charge on any atom is 0.361 e. The monoisotopic (exact) mass is 172 g/mol. The second-order valence-electron chi connectivity index (χ2n) is 2.45. The second kappa shape index (κ2) is 2.59. The molecule has 60 valence electrons. The van der Waals surface area contributed by atoms with Gasteiger partial charge in [-0.1, -0.05) is 12.2 Å². The Morgan fingerprint density at radius 1 is 1.45 bits per heavy atom. The maximum atomic E-state index is 11.7. The van der Waals surface area contributed by atoms with Crippen LogP contribution < -0.4 is 0 Å². The van der Waals surface area contributed by atoms with Gasteiger partial charge in [0.1, 0.15) is 0 Å². The van der Waals surface area contributed by atoms with Gasteiger partial charge in [-0.3, -0.25) is 4.57 Å². The fraction of sp³-hybridized carbons (Fsp3) is 0.429. The first-order valence-corrected chi connectivity index (χ1v) is 5.12. The first-order chi connectivity index (χ1) is 5.31. The third kappa shape index (κ3) is 1.20. The Morgan fingerprint density at radius 3 is 3.27 bits per heavy atom. The van der Waals surface area contributed by atoms with Gasteiger partial charge in [0.25, 0.3) is 0 Å². The molecule has 0 amide bonds. The van der Waals surface area contributed by atoms with Crippen molar-refractivity contribution in [1.82, 2.24) is 0 Å². The van der Waals surface area contributed by atoms with E-state index >= 15 is 0 Å². The van der Waals surface area contributed by atoms with Gasteiger partial charge < -0.3 is 9.05 Å². The van der Waals surface area contributed by atoms with E-state index in [0.717, 1.165) is 11.7 Å². The van der Waals surface area contributed by atoms with Crippen molar-refractivity contribution in [3.8, 4) is 0 Å². The molecular formula is C7H9O3P. The van der Waals surface area contributed by atoms with Gasteiger partial charge in [-0.2, -0.15) is 0 Å². The van der Waals surface area contributed by atoms with Gasteiger partial charge >= 0.3 is 7.60 Å². The van der Waals surface area contributed by atoms with Crippen LogP contribution in [0.4, 0.5) is 0 Å². The van der Waals surface area contributed by atoms with Crippen molar-refractivity contribution >= 4 is 7.60 Å². The van der Waals surface area contributed by atoms with Crippen molar-refractivity contribution in [3.63, 3.8) is 0 Å². The second-order valence-corrected chi connectivity index (χ2v) is 4.47. The highest BCUT2D eigenvalue weighted by molar-refractivity contribution is 7.59. The van der Waals surface area contributed by atoms with Crippen LogP contribution >= 0.6 is 7.60 Å². The van der Waals surface area contributed by atoms with E-state index in [9.17, 15) is 4.57 Å². The van der Waals surface area contributed by atoms with Crippen LogP contribution in [0.5, 0.6) is 0 Å². The molecule has 2 heterocycles. The van der Waals surface area contributed by atoms with E-state index in [2.05, 4.69) is 0 Å². The molecule has 1 unspecified atom stereocenters. The van der Waals surface area contributed by atoms with Gasteiger partial charge in [0.05, 0.1) is 18.5 Å². The fourth-order valence-corrected chi connectivity index (χ4v) is 2.70. The van der Waals surface area contributed by atoms with E-state index in [4.69, 9.17) is 9.05 Å². The van der Waals surface area contributed by atoms with E-state index in [1.807, 2.05) is 18.2 Å². The highest BCUT2D eigenvalue weighted by Crippen LogP contribution is 2.60. The standard InChI is InChI=1S/C7H9O3P/c8-11-7(4-6-10-11)3-1-2-5-9-11/h1,3-4H,2,5-6H2.